The molecule has 2 rings (SSSR count). The maximum absolute atomic E-state index is 5.56. The first kappa shape index (κ1) is 15.2. The standard InChI is InChI=1S/C16H27N3O/c1-11(2)19-10-13(5)6-8-15(19)14-7-9-16(18-17-14)20-12(3)4/h7,9,11-13,15H,6,8,10H2,1-5H3. The lowest BCUT2D eigenvalue weighted by Crippen LogP contribution is -2.42. The van der Waals surface area contributed by atoms with Crippen LogP contribution < -0.4 is 4.74 Å². The highest BCUT2D eigenvalue weighted by Gasteiger charge is 2.30. The van der Waals surface area contributed by atoms with Crippen molar-refractivity contribution in [3.63, 3.8) is 0 Å². The molecule has 2 atom stereocenters. The van der Waals surface area contributed by atoms with E-state index in [4.69, 9.17) is 4.74 Å². The Morgan fingerprint density at radius 1 is 1.15 bits per heavy atom. The van der Waals surface area contributed by atoms with Gasteiger partial charge in [0.05, 0.1) is 17.8 Å². The fourth-order valence-electron chi connectivity index (χ4n) is 2.89. The molecule has 1 aromatic heterocycles. The summed E-state index contributed by atoms with van der Waals surface area (Å²) in [5.41, 5.74) is 1.07. The fraction of sp³-hybridized carbons (Fsp3) is 0.750. The van der Waals surface area contributed by atoms with Gasteiger partial charge in [-0.05, 0) is 52.5 Å². The molecule has 0 radical (unpaired) electrons. The highest BCUT2D eigenvalue weighted by atomic mass is 16.5. The number of nitrogens with zero attached hydrogens (tertiary/aromatic N) is 3. The van der Waals surface area contributed by atoms with Gasteiger partial charge < -0.3 is 4.74 Å². The van der Waals surface area contributed by atoms with Crippen molar-refractivity contribution in [3.05, 3.63) is 17.8 Å². The van der Waals surface area contributed by atoms with Crippen LogP contribution in [0.2, 0.25) is 0 Å². The Bertz CT molecular complexity index is 416. The van der Waals surface area contributed by atoms with Crippen LogP contribution in [-0.2, 0) is 0 Å². The van der Waals surface area contributed by atoms with E-state index in [0.717, 1.165) is 18.2 Å². The molecule has 112 valence electrons. The van der Waals surface area contributed by atoms with E-state index in [2.05, 4.69) is 41.9 Å². The lowest BCUT2D eigenvalue weighted by molar-refractivity contribution is 0.0786. The Kier molecular flexibility index (Phi) is 4.97. The zero-order valence-corrected chi connectivity index (χ0v) is 13.3. The molecule has 0 N–H and O–H groups in total. The Hall–Kier alpha value is -1.16. The summed E-state index contributed by atoms with van der Waals surface area (Å²) in [6.45, 7) is 12.0. The van der Waals surface area contributed by atoms with E-state index in [-0.39, 0.29) is 6.10 Å². The van der Waals surface area contributed by atoms with Crippen LogP contribution in [-0.4, -0.2) is 33.8 Å². The number of rotatable bonds is 4. The van der Waals surface area contributed by atoms with Gasteiger partial charge in [-0.25, -0.2) is 0 Å². The topological polar surface area (TPSA) is 38.3 Å². The molecule has 0 aromatic carbocycles. The Balaban J connectivity index is 2.12. The molecular formula is C16H27N3O. The molecule has 1 fully saturated rings. The van der Waals surface area contributed by atoms with Gasteiger partial charge in [0.15, 0.2) is 0 Å². The van der Waals surface area contributed by atoms with E-state index in [1.54, 1.807) is 0 Å². The predicted molar refractivity (Wildman–Crippen MR) is 80.8 cm³/mol. The van der Waals surface area contributed by atoms with Crippen LogP contribution in [0, 0.1) is 5.92 Å². The summed E-state index contributed by atoms with van der Waals surface area (Å²) >= 11 is 0. The summed E-state index contributed by atoms with van der Waals surface area (Å²) < 4.78 is 5.56. The zero-order chi connectivity index (χ0) is 14.7. The third kappa shape index (κ3) is 3.69. The van der Waals surface area contributed by atoms with E-state index < -0.39 is 0 Å². The molecule has 0 amide bonds. The van der Waals surface area contributed by atoms with Crippen LogP contribution in [0.5, 0.6) is 5.88 Å². The van der Waals surface area contributed by atoms with E-state index in [1.165, 1.54) is 12.8 Å². The molecule has 4 heteroatoms. The molecule has 1 saturated heterocycles. The maximum atomic E-state index is 5.56. The first-order valence-corrected chi connectivity index (χ1v) is 7.73. The Morgan fingerprint density at radius 3 is 2.45 bits per heavy atom. The highest BCUT2D eigenvalue weighted by molar-refractivity contribution is 5.15. The Morgan fingerprint density at radius 2 is 1.90 bits per heavy atom. The minimum absolute atomic E-state index is 0.137. The molecule has 0 saturated carbocycles. The lowest BCUT2D eigenvalue weighted by atomic mass is 9.91. The summed E-state index contributed by atoms with van der Waals surface area (Å²) in [6, 6.07) is 4.95. The third-order valence-corrected chi connectivity index (χ3v) is 3.88. The summed E-state index contributed by atoms with van der Waals surface area (Å²) in [5, 5.41) is 8.60. The number of hydrogen-bond donors (Lipinski definition) is 0. The van der Waals surface area contributed by atoms with Crippen LogP contribution in [0.15, 0.2) is 12.1 Å². The van der Waals surface area contributed by atoms with Crippen molar-refractivity contribution in [2.45, 2.75) is 65.6 Å². The van der Waals surface area contributed by atoms with Gasteiger partial charge in [-0.1, -0.05) is 6.92 Å². The second-order valence-corrected chi connectivity index (χ2v) is 6.45. The minimum Gasteiger partial charge on any atom is -0.474 e. The monoisotopic (exact) mass is 277 g/mol. The van der Waals surface area contributed by atoms with Gasteiger partial charge in [0.25, 0.3) is 0 Å². The molecule has 1 aromatic rings. The minimum atomic E-state index is 0.137. The average molecular weight is 277 g/mol. The second-order valence-electron chi connectivity index (χ2n) is 6.45. The predicted octanol–water partition coefficient (Wildman–Crippen LogP) is 3.45. The summed E-state index contributed by atoms with van der Waals surface area (Å²) in [6.07, 6.45) is 2.57. The molecule has 2 unspecified atom stereocenters. The fourth-order valence-corrected chi connectivity index (χ4v) is 2.89. The summed E-state index contributed by atoms with van der Waals surface area (Å²) in [5.74, 6) is 1.38. The van der Waals surface area contributed by atoms with Crippen LogP contribution in [0.1, 0.15) is 59.2 Å². The van der Waals surface area contributed by atoms with E-state index >= 15 is 0 Å². The maximum Gasteiger partial charge on any atom is 0.233 e. The lowest BCUT2D eigenvalue weighted by Gasteiger charge is -2.40. The number of aromatic nitrogens is 2. The van der Waals surface area contributed by atoms with Gasteiger partial charge in [0.1, 0.15) is 0 Å². The van der Waals surface area contributed by atoms with Crippen molar-refractivity contribution in [1.29, 1.82) is 0 Å². The molecule has 2 heterocycles. The van der Waals surface area contributed by atoms with Gasteiger partial charge in [-0.15, -0.1) is 5.10 Å². The summed E-state index contributed by atoms with van der Waals surface area (Å²) in [7, 11) is 0. The van der Waals surface area contributed by atoms with Gasteiger partial charge in [0, 0.05) is 18.7 Å². The number of piperidine rings is 1. The normalized spacial score (nSPS) is 24.4. The Labute approximate surface area is 122 Å². The SMILES string of the molecule is CC1CCC(c2ccc(OC(C)C)nn2)N(C(C)C)C1. The van der Waals surface area contributed by atoms with Gasteiger partial charge in [-0.2, -0.15) is 5.10 Å². The van der Waals surface area contributed by atoms with E-state index in [9.17, 15) is 0 Å². The molecule has 1 aliphatic rings. The molecule has 0 spiro atoms. The number of hydrogen-bond acceptors (Lipinski definition) is 4. The second kappa shape index (κ2) is 6.53. The van der Waals surface area contributed by atoms with Crippen molar-refractivity contribution < 1.29 is 4.74 Å². The van der Waals surface area contributed by atoms with Crippen LogP contribution >= 0.6 is 0 Å². The van der Waals surface area contributed by atoms with E-state index in [1.807, 2.05) is 19.9 Å². The molecular weight excluding hydrogens is 250 g/mol. The third-order valence-electron chi connectivity index (χ3n) is 3.88. The number of ether oxygens (including phenoxy) is 1. The quantitative estimate of drug-likeness (QED) is 0.845. The van der Waals surface area contributed by atoms with Crippen LogP contribution in [0.4, 0.5) is 0 Å². The van der Waals surface area contributed by atoms with Gasteiger partial charge >= 0.3 is 0 Å². The molecule has 0 aliphatic carbocycles. The van der Waals surface area contributed by atoms with Crippen LogP contribution in [0.3, 0.4) is 0 Å². The van der Waals surface area contributed by atoms with Crippen molar-refractivity contribution in [2.24, 2.45) is 5.92 Å². The van der Waals surface area contributed by atoms with Crippen molar-refractivity contribution >= 4 is 0 Å². The smallest absolute Gasteiger partial charge is 0.233 e. The van der Waals surface area contributed by atoms with Gasteiger partial charge in [0.2, 0.25) is 5.88 Å². The largest absolute Gasteiger partial charge is 0.474 e. The average Bonchev–Trinajstić information content (AvgIpc) is 2.39. The zero-order valence-electron chi connectivity index (χ0n) is 13.3. The summed E-state index contributed by atoms with van der Waals surface area (Å²) in [4.78, 5) is 2.54. The van der Waals surface area contributed by atoms with Gasteiger partial charge in [-0.3, -0.25) is 4.90 Å². The van der Waals surface area contributed by atoms with E-state index in [0.29, 0.717) is 18.0 Å². The first-order chi connectivity index (χ1) is 9.47. The molecule has 1 aliphatic heterocycles. The molecule has 4 nitrogen and oxygen atoms in total. The highest BCUT2D eigenvalue weighted by Crippen LogP contribution is 2.33. The molecule has 20 heavy (non-hydrogen) atoms. The number of likely N-dealkylation sites (tertiary alicyclic amines) is 1. The molecule has 0 bridgehead atoms. The first-order valence-electron chi connectivity index (χ1n) is 7.73. The van der Waals surface area contributed by atoms with Crippen molar-refractivity contribution in [1.82, 2.24) is 15.1 Å². The van der Waals surface area contributed by atoms with Crippen molar-refractivity contribution in [3.8, 4) is 5.88 Å². The van der Waals surface area contributed by atoms with Crippen LogP contribution in [0.25, 0.3) is 0 Å². The van der Waals surface area contributed by atoms with Crippen molar-refractivity contribution in [2.75, 3.05) is 6.54 Å².